The van der Waals surface area contributed by atoms with Gasteiger partial charge < -0.3 is 14.8 Å². The number of carbonyl (C=O) groups is 2. The Hall–Kier alpha value is -2.79. The van der Waals surface area contributed by atoms with Crippen LogP contribution in [0.5, 0.6) is 0 Å². The molecule has 0 bridgehead atoms. The van der Waals surface area contributed by atoms with E-state index in [0.29, 0.717) is 24.2 Å². The predicted molar refractivity (Wildman–Crippen MR) is 146 cm³/mol. The van der Waals surface area contributed by atoms with Crippen LogP contribution in [-0.2, 0) is 22.4 Å². The fourth-order valence-corrected chi connectivity index (χ4v) is 5.64. The molecule has 0 aliphatic carbocycles. The summed E-state index contributed by atoms with van der Waals surface area (Å²) in [6, 6.07) is 3.43. The number of aryl methyl sites for hydroxylation is 1. The average Bonchev–Trinajstić information content (AvgIpc) is 3.38. The Kier molecular flexibility index (Phi) is 9.12. The molecule has 0 radical (unpaired) electrons. The predicted octanol–water partition coefficient (Wildman–Crippen LogP) is 6.80. The van der Waals surface area contributed by atoms with E-state index in [0.717, 1.165) is 20.0 Å². The highest BCUT2D eigenvalue weighted by Crippen LogP contribution is 2.38. The van der Waals surface area contributed by atoms with Crippen LogP contribution in [0.25, 0.3) is 10.2 Å². The topological polar surface area (TPSA) is 93.7 Å². The minimum atomic E-state index is -0.673. The van der Waals surface area contributed by atoms with Gasteiger partial charge in [0.15, 0.2) is 0 Å². The van der Waals surface area contributed by atoms with Crippen LogP contribution in [0, 0.1) is 6.92 Å². The number of nitrogens with one attached hydrogen (secondary N) is 1. The maximum atomic E-state index is 13.3. The fourth-order valence-electron chi connectivity index (χ4n) is 3.61. The number of ether oxygens (including phenoxy) is 2. The number of hydrogen-bond donors (Lipinski definition) is 1. The molecule has 0 aliphatic rings. The third kappa shape index (κ3) is 8.10. The maximum Gasteiger partial charge on any atom is 0.415 e. The first kappa shape index (κ1) is 28.8. The Balaban J connectivity index is 1.96. The molecule has 3 heterocycles. The molecule has 0 saturated heterocycles. The van der Waals surface area contributed by atoms with Gasteiger partial charge in [-0.15, -0.1) is 27.8 Å². The van der Waals surface area contributed by atoms with Crippen molar-refractivity contribution in [3.63, 3.8) is 0 Å². The largest absolute Gasteiger partial charge is 0.444 e. The van der Waals surface area contributed by atoms with E-state index in [1.54, 1.807) is 43.2 Å². The summed E-state index contributed by atoms with van der Waals surface area (Å²) >= 11 is 3.01. The van der Waals surface area contributed by atoms with Crippen LogP contribution >= 0.6 is 22.7 Å². The number of thiophene rings is 2. The molecule has 0 aromatic carbocycles. The van der Waals surface area contributed by atoms with Crippen molar-refractivity contribution in [2.24, 2.45) is 0 Å². The van der Waals surface area contributed by atoms with E-state index in [1.807, 2.05) is 45.2 Å². The molecule has 3 aromatic heterocycles. The number of aromatic nitrogens is 2. The smallest absolute Gasteiger partial charge is 0.415 e. The van der Waals surface area contributed by atoms with Crippen LogP contribution in [0.3, 0.4) is 0 Å². The highest BCUT2D eigenvalue weighted by atomic mass is 32.1. The lowest BCUT2D eigenvalue weighted by atomic mass is 10.1. The van der Waals surface area contributed by atoms with Gasteiger partial charge in [-0.05, 0) is 71.9 Å². The summed E-state index contributed by atoms with van der Waals surface area (Å²) in [5.74, 6) is 0. The minimum absolute atomic E-state index is 0.147. The van der Waals surface area contributed by atoms with Gasteiger partial charge in [0.2, 0.25) is 0 Å². The number of carbonyl (C=O) groups excluding carboxylic acids is 2. The molecule has 3 rings (SSSR count). The van der Waals surface area contributed by atoms with Gasteiger partial charge in [0, 0.05) is 22.2 Å². The van der Waals surface area contributed by atoms with E-state index in [4.69, 9.17) is 9.47 Å². The minimum Gasteiger partial charge on any atom is -0.444 e. The van der Waals surface area contributed by atoms with Crippen LogP contribution in [0.1, 0.15) is 63.3 Å². The molecule has 0 aliphatic heterocycles. The Morgan fingerprint density at radius 2 is 1.86 bits per heavy atom. The first-order chi connectivity index (χ1) is 17.3. The second kappa shape index (κ2) is 11.7. The summed E-state index contributed by atoms with van der Waals surface area (Å²) in [6.07, 6.45) is 1.04. The van der Waals surface area contributed by atoms with Gasteiger partial charge in [-0.3, -0.25) is 9.29 Å². The van der Waals surface area contributed by atoms with Crippen molar-refractivity contribution < 1.29 is 23.5 Å². The van der Waals surface area contributed by atoms with E-state index in [1.165, 1.54) is 11.3 Å². The second-order valence-electron chi connectivity index (χ2n) is 10.7. The van der Waals surface area contributed by atoms with Crippen molar-refractivity contribution in [2.45, 2.75) is 85.1 Å². The number of anilines is 1. The maximum absolute atomic E-state index is 13.3. The second-order valence-corrected chi connectivity index (χ2v) is 12.9. The summed E-state index contributed by atoms with van der Waals surface area (Å²) in [6.45, 7) is 12.5. The average molecular weight is 551 g/mol. The number of rotatable bonds is 8. The molecule has 0 unspecified atom stereocenters. The number of alkyl halides is 1. The first-order valence-electron chi connectivity index (χ1n) is 12.1. The SMILES string of the molecule is Cc1c(C[C@H](CCF)NC(=O)OC(C)(C)C)sc2c(N(Cc3cccs3)C(=O)OC(C)(C)C)cnnc12. The van der Waals surface area contributed by atoms with Gasteiger partial charge in [-0.25, -0.2) is 9.59 Å². The van der Waals surface area contributed by atoms with Gasteiger partial charge in [0.05, 0.1) is 29.8 Å². The first-order valence-corrected chi connectivity index (χ1v) is 13.8. The summed E-state index contributed by atoms with van der Waals surface area (Å²) in [4.78, 5) is 29.1. The molecule has 1 atom stereocenters. The number of hydrogen-bond acceptors (Lipinski definition) is 8. The van der Waals surface area contributed by atoms with Crippen molar-refractivity contribution in [3.8, 4) is 0 Å². The number of amides is 2. The molecule has 8 nitrogen and oxygen atoms in total. The summed E-state index contributed by atoms with van der Waals surface area (Å²) in [5, 5.41) is 13.3. The molecule has 0 fully saturated rings. The Morgan fingerprint density at radius 3 is 2.46 bits per heavy atom. The van der Waals surface area contributed by atoms with Gasteiger partial charge in [0.1, 0.15) is 16.7 Å². The van der Waals surface area contributed by atoms with E-state index in [-0.39, 0.29) is 6.42 Å². The van der Waals surface area contributed by atoms with E-state index < -0.39 is 36.1 Å². The molecule has 202 valence electrons. The Morgan fingerprint density at radius 1 is 1.16 bits per heavy atom. The van der Waals surface area contributed by atoms with Gasteiger partial charge in [-0.2, -0.15) is 5.10 Å². The summed E-state index contributed by atoms with van der Waals surface area (Å²) in [5.41, 5.74) is 0.802. The molecular formula is C26H35FN4O4S2. The van der Waals surface area contributed by atoms with Gasteiger partial charge >= 0.3 is 12.2 Å². The molecule has 0 spiro atoms. The fraction of sp³-hybridized carbons (Fsp3) is 0.538. The number of nitrogens with zero attached hydrogens (tertiary/aromatic N) is 3. The molecule has 1 N–H and O–H groups in total. The van der Waals surface area contributed by atoms with Crippen LogP contribution < -0.4 is 10.2 Å². The number of alkyl carbamates (subject to hydrolysis) is 1. The normalized spacial score (nSPS) is 12.9. The van der Waals surface area contributed by atoms with E-state index in [2.05, 4.69) is 15.5 Å². The monoisotopic (exact) mass is 550 g/mol. The third-order valence-corrected chi connectivity index (χ3v) is 7.38. The molecule has 2 amide bonds. The van der Waals surface area contributed by atoms with Crippen LogP contribution in [0.15, 0.2) is 23.7 Å². The third-order valence-electron chi connectivity index (χ3n) is 5.19. The zero-order valence-corrected chi connectivity index (χ0v) is 24.0. The van der Waals surface area contributed by atoms with Crippen LogP contribution in [0.4, 0.5) is 19.7 Å². The standard InChI is InChI=1S/C26H35FN4O4S2/c1-16-20(13-17(10-11-27)29-23(32)34-25(2,3)4)37-22-19(14-28-30-21(16)22)31(15-18-9-8-12-36-18)24(33)35-26(5,6)7/h8-9,12,14,17H,10-11,13,15H2,1-7H3,(H,29,32)/t17-/m0/s1. The number of fused-ring (bicyclic) bond motifs is 1. The van der Waals surface area contributed by atoms with Gasteiger partial charge in [-0.1, -0.05) is 6.07 Å². The molecule has 11 heteroatoms. The lowest BCUT2D eigenvalue weighted by Crippen LogP contribution is -2.40. The van der Waals surface area contributed by atoms with Crippen molar-refractivity contribution in [1.29, 1.82) is 0 Å². The summed E-state index contributed by atoms with van der Waals surface area (Å²) < 4.78 is 25.2. The highest BCUT2D eigenvalue weighted by molar-refractivity contribution is 7.19. The molecular weight excluding hydrogens is 515 g/mol. The Bertz CT molecular complexity index is 1220. The van der Waals surface area contributed by atoms with E-state index >= 15 is 0 Å². The Labute approximate surface area is 225 Å². The molecule has 3 aromatic rings. The van der Waals surface area contributed by atoms with Crippen LogP contribution in [-0.4, -0.2) is 46.3 Å². The van der Waals surface area contributed by atoms with Crippen molar-refractivity contribution in [3.05, 3.63) is 39.0 Å². The van der Waals surface area contributed by atoms with Crippen molar-refractivity contribution >= 4 is 50.8 Å². The lowest BCUT2D eigenvalue weighted by molar-refractivity contribution is 0.0498. The van der Waals surface area contributed by atoms with Crippen molar-refractivity contribution in [1.82, 2.24) is 15.5 Å². The lowest BCUT2D eigenvalue weighted by Gasteiger charge is -2.27. The summed E-state index contributed by atoms with van der Waals surface area (Å²) in [7, 11) is 0. The zero-order valence-electron chi connectivity index (χ0n) is 22.4. The quantitative estimate of drug-likeness (QED) is 0.332. The zero-order chi connectivity index (χ0) is 27.4. The molecule has 0 saturated carbocycles. The van der Waals surface area contributed by atoms with Gasteiger partial charge in [0.25, 0.3) is 0 Å². The van der Waals surface area contributed by atoms with Crippen LogP contribution in [0.2, 0.25) is 0 Å². The van der Waals surface area contributed by atoms with Crippen molar-refractivity contribution in [2.75, 3.05) is 11.6 Å². The molecule has 37 heavy (non-hydrogen) atoms. The number of halogens is 1. The van der Waals surface area contributed by atoms with E-state index in [9.17, 15) is 14.0 Å². The highest BCUT2D eigenvalue weighted by Gasteiger charge is 2.28.